The first-order valence-electron chi connectivity index (χ1n) is 7.65. The summed E-state index contributed by atoms with van der Waals surface area (Å²) in [5.41, 5.74) is -1.06. The van der Waals surface area contributed by atoms with Gasteiger partial charge < -0.3 is 4.90 Å². The van der Waals surface area contributed by atoms with Crippen LogP contribution in [0, 0.1) is 22.6 Å². The first-order valence-corrected chi connectivity index (χ1v) is 7.65. The van der Waals surface area contributed by atoms with E-state index in [0.29, 0.717) is 17.7 Å². The molecule has 1 aliphatic heterocycles. The highest BCUT2D eigenvalue weighted by Crippen LogP contribution is 2.51. The monoisotopic (exact) mass is 324 g/mol. The number of carbonyl (C=O) groups excluding carboxylic acids is 2. The van der Waals surface area contributed by atoms with E-state index in [0.717, 1.165) is 0 Å². The Morgan fingerprint density at radius 3 is 2.42 bits per heavy atom. The standard InChI is InChI=1S/C19H17FN2O2/c1-18(2)15-8-9-22(3)17(24)19(15,10-12(11-21)16(18)23)13-4-6-14(20)7-5-13/h4-8,10H,9H2,1-3H3. The fourth-order valence-electron chi connectivity index (χ4n) is 3.68. The van der Waals surface area contributed by atoms with Crippen molar-refractivity contribution in [3.63, 3.8) is 0 Å². The lowest BCUT2D eigenvalue weighted by Gasteiger charge is -2.47. The van der Waals surface area contributed by atoms with E-state index in [1.807, 2.05) is 12.1 Å². The highest BCUT2D eigenvalue weighted by atomic mass is 19.1. The molecule has 0 radical (unpaired) electrons. The number of likely N-dealkylation sites (N-methyl/N-ethyl adjacent to an activating group) is 1. The number of hydrogen-bond donors (Lipinski definition) is 0. The summed E-state index contributed by atoms with van der Waals surface area (Å²) in [4.78, 5) is 27.3. The number of benzene rings is 1. The second-order valence-corrected chi connectivity index (χ2v) is 6.74. The van der Waals surface area contributed by atoms with Crippen molar-refractivity contribution in [3.05, 3.63) is 58.9 Å². The van der Waals surface area contributed by atoms with Crippen molar-refractivity contribution in [1.29, 1.82) is 5.26 Å². The average Bonchev–Trinajstić information content (AvgIpc) is 2.55. The van der Waals surface area contributed by atoms with Gasteiger partial charge >= 0.3 is 0 Å². The molecule has 0 bridgehead atoms. The molecule has 1 aliphatic carbocycles. The zero-order valence-corrected chi connectivity index (χ0v) is 13.8. The fraction of sp³-hybridized carbons (Fsp3) is 0.316. The number of rotatable bonds is 1. The molecule has 0 saturated carbocycles. The van der Waals surface area contributed by atoms with Crippen molar-refractivity contribution in [2.24, 2.45) is 5.41 Å². The SMILES string of the molecule is CN1CC=C2C(C)(C)C(=O)C(C#N)=CC2(c2ccc(F)cc2)C1=O. The highest BCUT2D eigenvalue weighted by Gasteiger charge is 2.56. The zero-order chi connectivity index (χ0) is 17.7. The lowest BCUT2D eigenvalue weighted by atomic mass is 9.56. The maximum absolute atomic E-state index is 13.4. The number of allylic oxidation sites excluding steroid dienone is 1. The molecule has 1 heterocycles. The second kappa shape index (κ2) is 5.13. The van der Waals surface area contributed by atoms with Crippen molar-refractivity contribution in [1.82, 2.24) is 4.90 Å². The van der Waals surface area contributed by atoms with Gasteiger partial charge in [-0.1, -0.05) is 18.2 Å². The molecule has 1 aromatic carbocycles. The summed E-state index contributed by atoms with van der Waals surface area (Å²) in [5, 5.41) is 9.40. The van der Waals surface area contributed by atoms with Crippen molar-refractivity contribution >= 4 is 11.7 Å². The molecule has 1 amide bonds. The van der Waals surface area contributed by atoms with E-state index in [-0.39, 0.29) is 17.3 Å². The van der Waals surface area contributed by atoms with Crippen LogP contribution in [0.25, 0.3) is 0 Å². The number of nitrogens with zero attached hydrogens (tertiary/aromatic N) is 2. The van der Waals surface area contributed by atoms with Gasteiger partial charge in [-0.25, -0.2) is 4.39 Å². The minimum atomic E-state index is -1.25. The van der Waals surface area contributed by atoms with Crippen LogP contribution in [0.1, 0.15) is 19.4 Å². The van der Waals surface area contributed by atoms with Crippen LogP contribution in [-0.4, -0.2) is 30.2 Å². The zero-order valence-electron chi connectivity index (χ0n) is 13.8. The number of ketones is 1. The molecule has 0 spiro atoms. The minimum Gasteiger partial charge on any atom is -0.341 e. The molecule has 0 N–H and O–H groups in total. The average molecular weight is 324 g/mol. The fourth-order valence-corrected chi connectivity index (χ4v) is 3.68. The number of hydrogen-bond acceptors (Lipinski definition) is 3. The molecule has 1 aromatic rings. The summed E-state index contributed by atoms with van der Waals surface area (Å²) < 4.78 is 13.4. The van der Waals surface area contributed by atoms with Gasteiger partial charge in [0.25, 0.3) is 0 Å². The van der Waals surface area contributed by atoms with Gasteiger partial charge in [0.05, 0.1) is 11.0 Å². The van der Waals surface area contributed by atoms with E-state index >= 15 is 0 Å². The Labute approximate surface area is 139 Å². The summed E-state index contributed by atoms with van der Waals surface area (Å²) in [6, 6.07) is 7.57. The molecule has 2 aliphatic rings. The Kier molecular flexibility index (Phi) is 3.45. The summed E-state index contributed by atoms with van der Waals surface area (Å²) in [7, 11) is 1.67. The maximum Gasteiger partial charge on any atom is 0.241 e. The van der Waals surface area contributed by atoms with Crippen molar-refractivity contribution in [2.45, 2.75) is 19.3 Å². The Morgan fingerprint density at radius 1 is 1.21 bits per heavy atom. The van der Waals surface area contributed by atoms with Crippen LogP contribution >= 0.6 is 0 Å². The summed E-state index contributed by atoms with van der Waals surface area (Å²) in [6.45, 7) is 3.84. The Morgan fingerprint density at radius 2 is 1.83 bits per heavy atom. The highest BCUT2D eigenvalue weighted by molar-refractivity contribution is 6.11. The van der Waals surface area contributed by atoms with E-state index in [4.69, 9.17) is 0 Å². The van der Waals surface area contributed by atoms with Crippen LogP contribution in [0.3, 0.4) is 0 Å². The lowest BCUT2D eigenvalue weighted by Crippen LogP contribution is -2.55. The van der Waals surface area contributed by atoms with E-state index in [2.05, 4.69) is 0 Å². The van der Waals surface area contributed by atoms with Crippen molar-refractivity contribution in [3.8, 4) is 6.07 Å². The Balaban J connectivity index is 2.40. The number of amides is 1. The molecule has 4 nitrogen and oxygen atoms in total. The second-order valence-electron chi connectivity index (χ2n) is 6.74. The van der Waals surface area contributed by atoms with Crippen molar-refractivity contribution < 1.29 is 14.0 Å². The van der Waals surface area contributed by atoms with Crippen LogP contribution in [0.4, 0.5) is 4.39 Å². The van der Waals surface area contributed by atoms with Crippen LogP contribution in [0.2, 0.25) is 0 Å². The van der Waals surface area contributed by atoms with E-state index in [1.165, 1.54) is 30.3 Å². The molecule has 3 rings (SSSR count). The van der Waals surface area contributed by atoms with Gasteiger partial charge in [-0.2, -0.15) is 5.26 Å². The number of nitriles is 1. The third kappa shape index (κ3) is 1.96. The molecule has 24 heavy (non-hydrogen) atoms. The van der Waals surface area contributed by atoms with Crippen LogP contribution in [0.15, 0.2) is 47.6 Å². The number of halogens is 1. The molecular weight excluding hydrogens is 307 g/mol. The summed E-state index contributed by atoms with van der Waals surface area (Å²) in [6.07, 6.45) is 3.31. The van der Waals surface area contributed by atoms with E-state index < -0.39 is 16.6 Å². The van der Waals surface area contributed by atoms with Crippen molar-refractivity contribution in [2.75, 3.05) is 13.6 Å². The summed E-state index contributed by atoms with van der Waals surface area (Å²) in [5.74, 6) is -0.931. The molecule has 0 saturated heterocycles. The summed E-state index contributed by atoms with van der Waals surface area (Å²) >= 11 is 0. The van der Waals surface area contributed by atoms with Crippen LogP contribution in [-0.2, 0) is 15.0 Å². The van der Waals surface area contributed by atoms with Gasteiger partial charge in [0.1, 0.15) is 17.3 Å². The number of carbonyl (C=O) groups is 2. The molecule has 0 fully saturated rings. The normalized spacial score (nSPS) is 25.5. The predicted octanol–water partition coefficient (Wildman–Crippen LogP) is 2.52. The van der Waals surface area contributed by atoms with Crippen LogP contribution < -0.4 is 0 Å². The molecule has 0 aromatic heterocycles. The first kappa shape index (κ1) is 16.1. The molecular formula is C19H17FN2O2. The van der Waals surface area contributed by atoms with E-state index in [9.17, 15) is 19.2 Å². The quantitative estimate of drug-likeness (QED) is 0.746. The minimum absolute atomic E-state index is 0.0369. The third-order valence-corrected chi connectivity index (χ3v) is 4.94. The van der Waals surface area contributed by atoms with E-state index in [1.54, 1.807) is 25.8 Å². The number of fused-ring (bicyclic) bond motifs is 1. The topological polar surface area (TPSA) is 61.2 Å². The lowest BCUT2D eigenvalue weighted by molar-refractivity contribution is -0.135. The smallest absolute Gasteiger partial charge is 0.241 e. The maximum atomic E-state index is 13.4. The molecule has 5 heteroatoms. The van der Waals surface area contributed by atoms with Gasteiger partial charge in [0.2, 0.25) is 5.91 Å². The molecule has 122 valence electrons. The molecule has 1 unspecified atom stereocenters. The Bertz CT molecular complexity index is 843. The van der Waals surface area contributed by atoms with Gasteiger partial charge in [-0.05, 0) is 43.2 Å². The van der Waals surface area contributed by atoms with Gasteiger partial charge in [0, 0.05) is 13.6 Å². The predicted molar refractivity (Wildman–Crippen MR) is 86.3 cm³/mol. The van der Waals surface area contributed by atoms with Crippen LogP contribution in [0.5, 0.6) is 0 Å². The Hall–Kier alpha value is -2.74. The largest absolute Gasteiger partial charge is 0.341 e. The molecule has 1 atom stereocenters. The van der Waals surface area contributed by atoms with Gasteiger partial charge in [0.15, 0.2) is 5.78 Å². The first-order chi connectivity index (χ1) is 11.2. The third-order valence-electron chi connectivity index (χ3n) is 4.94. The van der Waals surface area contributed by atoms with Gasteiger partial charge in [-0.15, -0.1) is 0 Å². The number of Topliss-reactive ketones (excluding diaryl/α,β-unsaturated/α-hetero) is 1. The van der Waals surface area contributed by atoms with Gasteiger partial charge in [-0.3, -0.25) is 9.59 Å².